The summed E-state index contributed by atoms with van der Waals surface area (Å²) in [5.41, 5.74) is 0.315. The summed E-state index contributed by atoms with van der Waals surface area (Å²) in [7, 11) is -4.09. The molecule has 0 spiro atoms. The minimum Gasteiger partial charge on any atom is -0.322 e. The van der Waals surface area contributed by atoms with Crippen LogP contribution < -0.4 is 10.0 Å². The lowest BCUT2D eigenvalue weighted by Crippen LogP contribution is -2.18. The first kappa shape index (κ1) is 21.4. The van der Waals surface area contributed by atoms with Crippen molar-refractivity contribution in [2.75, 3.05) is 10.0 Å². The largest absolute Gasteiger partial charge is 0.322 e. The molecule has 0 atom stereocenters. The molecule has 10 heteroatoms. The summed E-state index contributed by atoms with van der Waals surface area (Å²) >= 11 is 17.7. The van der Waals surface area contributed by atoms with Crippen LogP contribution in [0.3, 0.4) is 0 Å². The Morgan fingerprint density at radius 2 is 1.55 bits per heavy atom. The van der Waals surface area contributed by atoms with Crippen molar-refractivity contribution in [1.82, 2.24) is 0 Å². The van der Waals surface area contributed by atoms with Gasteiger partial charge in [-0.1, -0.05) is 34.8 Å². The molecular weight excluding hydrogens is 462 g/mol. The zero-order valence-electron chi connectivity index (χ0n) is 14.4. The van der Waals surface area contributed by atoms with Crippen molar-refractivity contribution in [3.8, 4) is 0 Å². The number of amides is 1. The molecule has 0 saturated heterocycles. The Balaban J connectivity index is 1.93. The molecule has 0 aromatic heterocycles. The predicted octanol–water partition coefficient (Wildman–Crippen LogP) is 5.84. The van der Waals surface area contributed by atoms with Crippen LogP contribution in [0.15, 0.2) is 65.6 Å². The molecule has 0 aliphatic rings. The Morgan fingerprint density at radius 1 is 0.862 bits per heavy atom. The van der Waals surface area contributed by atoms with Gasteiger partial charge >= 0.3 is 0 Å². The molecule has 3 rings (SSSR count). The maximum atomic E-state index is 13.0. The van der Waals surface area contributed by atoms with E-state index in [9.17, 15) is 17.6 Å². The van der Waals surface area contributed by atoms with E-state index in [0.29, 0.717) is 5.69 Å². The van der Waals surface area contributed by atoms with Gasteiger partial charge in [0, 0.05) is 10.7 Å². The van der Waals surface area contributed by atoms with Gasteiger partial charge in [0.05, 0.1) is 26.2 Å². The number of anilines is 2. The number of rotatable bonds is 5. The van der Waals surface area contributed by atoms with Crippen LogP contribution in [0.1, 0.15) is 10.4 Å². The van der Waals surface area contributed by atoms with Gasteiger partial charge in [-0.3, -0.25) is 9.52 Å². The number of halogens is 4. The van der Waals surface area contributed by atoms with E-state index in [1.54, 1.807) is 0 Å². The van der Waals surface area contributed by atoms with Crippen LogP contribution in [-0.4, -0.2) is 14.3 Å². The molecular formula is C19H12Cl3FN2O3S. The first-order valence-corrected chi connectivity index (χ1v) is 10.6. The van der Waals surface area contributed by atoms with Crippen LogP contribution in [0.4, 0.5) is 15.8 Å². The van der Waals surface area contributed by atoms with Gasteiger partial charge in [-0.2, -0.15) is 0 Å². The second-order valence-corrected chi connectivity index (χ2v) is 8.77. The van der Waals surface area contributed by atoms with E-state index in [2.05, 4.69) is 10.0 Å². The lowest BCUT2D eigenvalue weighted by Gasteiger charge is -2.14. The monoisotopic (exact) mass is 472 g/mol. The van der Waals surface area contributed by atoms with Crippen LogP contribution in [0, 0.1) is 5.82 Å². The summed E-state index contributed by atoms with van der Waals surface area (Å²) in [6, 6.07) is 13.1. The van der Waals surface area contributed by atoms with Crippen LogP contribution >= 0.6 is 34.8 Å². The van der Waals surface area contributed by atoms with Crippen molar-refractivity contribution in [3.63, 3.8) is 0 Å². The van der Waals surface area contributed by atoms with Gasteiger partial charge in [-0.05, 0) is 60.7 Å². The third-order valence-corrected chi connectivity index (χ3v) is 6.11. The standard InChI is InChI=1S/C19H12Cl3FN2O3S/c20-11-1-7-15(19(26)24-13-4-2-12(23)3-5-13)18(9-11)25-29(27,28)14-6-8-16(21)17(22)10-14/h1-10,25H,(H,24,26). The molecule has 1 amide bonds. The van der Waals surface area contributed by atoms with E-state index < -0.39 is 21.7 Å². The number of hydrogen-bond donors (Lipinski definition) is 2. The highest BCUT2D eigenvalue weighted by molar-refractivity contribution is 7.92. The number of sulfonamides is 1. The van der Waals surface area contributed by atoms with E-state index in [1.807, 2.05) is 0 Å². The van der Waals surface area contributed by atoms with Gasteiger partial charge in [0.15, 0.2) is 0 Å². The quantitative estimate of drug-likeness (QED) is 0.489. The van der Waals surface area contributed by atoms with E-state index in [-0.39, 0.29) is 31.2 Å². The second-order valence-electron chi connectivity index (χ2n) is 5.83. The first-order chi connectivity index (χ1) is 13.7. The van der Waals surface area contributed by atoms with Crippen LogP contribution in [0.25, 0.3) is 0 Å². The average Bonchev–Trinajstić information content (AvgIpc) is 2.65. The zero-order valence-corrected chi connectivity index (χ0v) is 17.5. The molecule has 29 heavy (non-hydrogen) atoms. The SMILES string of the molecule is O=C(Nc1ccc(F)cc1)c1ccc(Cl)cc1NS(=O)(=O)c1ccc(Cl)c(Cl)c1. The van der Waals surface area contributed by atoms with Crippen LogP contribution in [-0.2, 0) is 10.0 Å². The second kappa shape index (κ2) is 8.59. The summed E-state index contributed by atoms with van der Waals surface area (Å²) in [4.78, 5) is 12.5. The minimum absolute atomic E-state index is 0.0161. The molecule has 0 aliphatic heterocycles. The molecule has 5 nitrogen and oxygen atoms in total. The Bertz CT molecular complexity index is 1190. The fourth-order valence-electron chi connectivity index (χ4n) is 2.38. The van der Waals surface area contributed by atoms with Crippen molar-refractivity contribution < 1.29 is 17.6 Å². The van der Waals surface area contributed by atoms with Gasteiger partial charge in [0.2, 0.25) is 0 Å². The molecule has 0 radical (unpaired) electrons. The van der Waals surface area contributed by atoms with E-state index >= 15 is 0 Å². The van der Waals surface area contributed by atoms with E-state index in [4.69, 9.17) is 34.8 Å². The normalized spacial score (nSPS) is 11.2. The highest BCUT2D eigenvalue weighted by atomic mass is 35.5. The average molecular weight is 474 g/mol. The highest BCUT2D eigenvalue weighted by Gasteiger charge is 2.20. The minimum atomic E-state index is -4.09. The first-order valence-electron chi connectivity index (χ1n) is 8.00. The van der Waals surface area contributed by atoms with Crippen molar-refractivity contribution in [1.29, 1.82) is 0 Å². The van der Waals surface area contributed by atoms with E-state index in [0.717, 1.165) is 0 Å². The van der Waals surface area contributed by atoms with Crippen molar-refractivity contribution >= 4 is 62.1 Å². The van der Waals surface area contributed by atoms with Gasteiger partial charge in [0.25, 0.3) is 15.9 Å². The topological polar surface area (TPSA) is 75.3 Å². The molecule has 2 N–H and O–H groups in total. The summed E-state index contributed by atoms with van der Waals surface area (Å²) in [5.74, 6) is -1.07. The van der Waals surface area contributed by atoms with Gasteiger partial charge in [0.1, 0.15) is 5.82 Å². The molecule has 0 unspecified atom stereocenters. The van der Waals surface area contributed by atoms with Gasteiger partial charge < -0.3 is 5.32 Å². The third kappa shape index (κ3) is 5.19. The molecule has 0 heterocycles. The fourth-order valence-corrected chi connectivity index (χ4v) is 4.01. The van der Waals surface area contributed by atoms with Crippen LogP contribution in [0.2, 0.25) is 15.1 Å². The lowest BCUT2D eigenvalue weighted by atomic mass is 10.1. The van der Waals surface area contributed by atoms with Gasteiger partial charge in [-0.15, -0.1) is 0 Å². The fraction of sp³-hybridized carbons (Fsp3) is 0. The Labute approximate surface area is 181 Å². The number of hydrogen-bond acceptors (Lipinski definition) is 3. The Kier molecular flexibility index (Phi) is 6.33. The summed E-state index contributed by atoms with van der Waals surface area (Å²) < 4.78 is 40.8. The Hall–Kier alpha value is -2.32. The molecule has 0 bridgehead atoms. The van der Waals surface area contributed by atoms with Crippen LogP contribution in [0.5, 0.6) is 0 Å². The molecule has 3 aromatic rings. The van der Waals surface area contributed by atoms with Gasteiger partial charge in [-0.25, -0.2) is 12.8 Å². The summed E-state index contributed by atoms with van der Waals surface area (Å²) in [6.45, 7) is 0. The third-order valence-electron chi connectivity index (χ3n) is 3.77. The molecule has 0 aliphatic carbocycles. The number of carbonyl (C=O) groups excluding carboxylic acids is 1. The molecule has 0 fully saturated rings. The predicted molar refractivity (Wildman–Crippen MR) is 113 cm³/mol. The maximum absolute atomic E-state index is 13.0. The summed E-state index contributed by atoms with van der Waals surface area (Å²) in [5, 5.41) is 3.05. The van der Waals surface area contributed by atoms with Crippen molar-refractivity contribution in [3.05, 3.63) is 87.1 Å². The van der Waals surface area contributed by atoms with Crippen molar-refractivity contribution in [2.24, 2.45) is 0 Å². The molecule has 150 valence electrons. The number of carbonyl (C=O) groups is 1. The number of nitrogens with one attached hydrogen (secondary N) is 2. The molecule has 3 aromatic carbocycles. The highest BCUT2D eigenvalue weighted by Crippen LogP contribution is 2.28. The molecule has 0 saturated carbocycles. The Morgan fingerprint density at radius 3 is 2.21 bits per heavy atom. The number of benzene rings is 3. The lowest BCUT2D eigenvalue weighted by molar-refractivity contribution is 0.102. The smallest absolute Gasteiger partial charge is 0.261 e. The maximum Gasteiger partial charge on any atom is 0.261 e. The zero-order chi connectivity index (χ0) is 21.2. The van der Waals surface area contributed by atoms with E-state index in [1.165, 1.54) is 60.7 Å². The van der Waals surface area contributed by atoms with Crippen molar-refractivity contribution in [2.45, 2.75) is 4.90 Å². The summed E-state index contributed by atoms with van der Waals surface area (Å²) in [6.07, 6.45) is 0.